The van der Waals surface area contributed by atoms with Crippen LogP contribution in [0.4, 0.5) is 13.2 Å². The lowest BCUT2D eigenvalue weighted by Gasteiger charge is -2.21. The number of carbonyl (C=O) groups is 1. The number of aromatic nitrogens is 4. The predicted octanol–water partition coefficient (Wildman–Crippen LogP) is 5.00. The van der Waals surface area contributed by atoms with Crippen LogP contribution in [0.3, 0.4) is 0 Å². The first-order chi connectivity index (χ1) is 15.3. The van der Waals surface area contributed by atoms with Crippen LogP contribution in [0.5, 0.6) is 0 Å². The summed E-state index contributed by atoms with van der Waals surface area (Å²) >= 11 is 1.29. The average Bonchev–Trinajstić information content (AvgIpc) is 3.56. The summed E-state index contributed by atoms with van der Waals surface area (Å²) < 4.78 is 47.4. The van der Waals surface area contributed by atoms with Crippen LogP contribution in [-0.4, -0.2) is 37.1 Å². The highest BCUT2D eigenvalue weighted by molar-refractivity contribution is 7.13. The number of amides is 1. The van der Waals surface area contributed by atoms with Gasteiger partial charge in [-0.3, -0.25) is 4.79 Å². The van der Waals surface area contributed by atoms with Crippen LogP contribution in [0.1, 0.15) is 53.4 Å². The second-order valence-electron chi connectivity index (χ2n) is 7.53. The summed E-state index contributed by atoms with van der Waals surface area (Å²) in [5.41, 5.74) is -0.131. The van der Waals surface area contributed by atoms with Gasteiger partial charge in [-0.2, -0.15) is 18.3 Å². The third kappa shape index (κ3) is 3.56. The summed E-state index contributed by atoms with van der Waals surface area (Å²) in [4.78, 5) is 19.7. The predicted molar refractivity (Wildman–Crippen MR) is 110 cm³/mol. The molecule has 4 aromatic rings. The summed E-state index contributed by atoms with van der Waals surface area (Å²) in [6, 6.07) is 7.20. The van der Waals surface area contributed by atoms with Gasteiger partial charge in [0.1, 0.15) is 0 Å². The molecule has 0 spiro atoms. The second-order valence-corrected chi connectivity index (χ2v) is 8.48. The molecule has 0 aromatic carbocycles. The molecule has 1 aliphatic heterocycles. The Hall–Kier alpha value is -3.21. The SMILES string of the molecule is CCc1cc([C@H]2CCCN2C(=O)c2cc3nc(-c4cccs4)cc(C(F)(F)F)n3n2)on1. The average molecular weight is 461 g/mol. The van der Waals surface area contributed by atoms with Crippen molar-refractivity contribution in [3.8, 4) is 10.6 Å². The van der Waals surface area contributed by atoms with E-state index in [1.165, 1.54) is 17.4 Å². The number of halogens is 3. The normalized spacial score (nSPS) is 16.9. The van der Waals surface area contributed by atoms with Gasteiger partial charge >= 0.3 is 6.18 Å². The largest absolute Gasteiger partial charge is 0.433 e. The Bertz CT molecular complexity index is 1280. The van der Waals surface area contributed by atoms with Crippen molar-refractivity contribution in [3.63, 3.8) is 0 Å². The second kappa shape index (κ2) is 7.73. The smallest absolute Gasteiger partial charge is 0.359 e. The molecule has 0 bridgehead atoms. The lowest BCUT2D eigenvalue weighted by atomic mass is 10.1. The van der Waals surface area contributed by atoms with Crippen LogP contribution < -0.4 is 0 Å². The summed E-state index contributed by atoms with van der Waals surface area (Å²) in [5, 5.41) is 9.75. The van der Waals surface area contributed by atoms with Crippen molar-refractivity contribution in [1.29, 1.82) is 0 Å². The Morgan fingerprint density at radius 3 is 2.84 bits per heavy atom. The first-order valence-corrected chi connectivity index (χ1v) is 11.0. The van der Waals surface area contributed by atoms with Crippen molar-refractivity contribution < 1.29 is 22.5 Å². The number of hydrogen-bond donors (Lipinski definition) is 0. The first-order valence-electron chi connectivity index (χ1n) is 10.1. The summed E-state index contributed by atoms with van der Waals surface area (Å²) in [6.07, 6.45) is -2.52. The molecule has 7 nitrogen and oxygen atoms in total. The van der Waals surface area contributed by atoms with E-state index in [1.807, 2.05) is 13.0 Å². The number of nitrogens with zero attached hydrogens (tertiary/aromatic N) is 5. The molecule has 0 radical (unpaired) electrons. The van der Waals surface area contributed by atoms with Crippen molar-refractivity contribution in [1.82, 2.24) is 24.7 Å². The quantitative estimate of drug-likeness (QED) is 0.427. The van der Waals surface area contributed by atoms with Crippen LogP contribution in [-0.2, 0) is 12.6 Å². The Morgan fingerprint density at radius 1 is 1.31 bits per heavy atom. The lowest BCUT2D eigenvalue weighted by Crippen LogP contribution is -2.30. The number of hydrogen-bond acceptors (Lipinski definition) is 6. The molecule has 5 rings (SSSR count). The molecule has 1 fully saturated rings. The molecular formula is C21H18F3N5O2S. The molecule has 166 valence electrons. The van der Waals surface area contributed by atoms with Crippen LogP contribution in [0, 0.1) is 0 Å². The van der Waals surface area contributed by atoms with Gasteiger partial charge in [0.2, 0.25) is 0 Å². The van der Waals surface area contributed by atoms with E-state index in [2.05, 4.69) is 15.2 Å². The van der Waals surface area contributed by atoms with E-state index in [4.69, 9.17) is 4.52 Å². The molecule has 1 atom stereocenters. The van der Waals surface area contributed by atoms with Gasteiger partial charge in [-0.1, -0.05) is 18.1 Å². The first kappa shape index (κ1) is 20.7. The monoisotopic (exact) mass is 461 g/mol. The van der Waals surface area contributed by atoms with E-state index in [9.17, 15) is 18.0 Å². The summed E-state index contributed by atoms with van der Waals surface area (Å²) in [7, 11) is 0. The van der Waals surface area contributed by atoms with Crippen LogP contribution in [0.25, 0.3) is 16.2 Å². The molecule has 32 heavy (non-hydrogen) atoms. The number of aryl methyl sites for hydroxylation is 1. The van der Waals surface area contributed by atoms with Gasteiger partial charge in [0, 0.05) is 18.7 Å². The fraction of sp³-hybridized carbons (Fsp3) is 0.333. The Kier molecular flexibility index (Phi) is 5.00. The maximum atomic E-state index is 13.8. The third-order valence-corrected chi connectivity index (χ3v) is 6.38. The standard InChI is InChI=1S/C21H18F3N5O2S/c1-2-12-9-16(31-27-12)15-5-3-7-28(15)20(30)14-11-19-25-13(17-6-4-8-32-17)10-18(21(22,23)24)29(19)26-14/h4,6,8-11,15H,2-3,5,7H2,1H3/t15-/m1/s1. The number of alkyl halides is 3. The van der Waals surface area contributed by atoms with E-state index in [-0.39, 0.29) is 23.1 Å². The third-order valence-electron chi connectivity index (χ3n) is 5.49. The number of rotatable bonds is 4. The molecule has 1 amide bonds. The van der Waals surface area contributed by atoms with Gasteiger partial charge in [0.25, 0.3) is 5.91 Å². The topological polar surface area (TPSA) is 76.5 Å². The van der Waals surface area contributed by atoms with Crippen LogP contribution in [0.2, 0.25) is 0 Å². The molecule has 0 unspecified atom stereocenters. The zero-order valence-corrected chi connectivity index (χ0v) is 17.8. The highest BCUT2D eigenvalue weighted by Crippen LogP contribution is 2.35. The maximum absolute atomic E-state index is 13.8. The number of carbonyl (C=O) groups excluding carboxylic acids is 1. The molecule has 1 saturated heterocycles. The van der Waals surface area contributed by atoms with Crippen molar-refractivity contribution in [2.24, 2.45) is 0 Å². The highest BCUT2D eigenvalue weighted by atomic mass is 32.1. The lowest BCUT2D eigenvalue weighted by molar-refractivity contribution is -0.142. The van der Waals surface area contributed by atoms with E-state index < -0.39 is 17.8 Å². The zero-order chi connectivity index (χ0) is 22.5. The minimum atomic E-state index is -4.66. The van der Waals surface area contributed by atoms with Crippen molar-refractivity contribution in [2.75, 3.05) is 6.54 Å². The minimum absolute atomic E-state index is 0.0322. The summed E-state index contributed by atoms with van der Waals surface area (Å²) in [5.74, 6) is 0.115. The molecule has 0 N–H and O–H groups in total. The Labute approximate surface area is 184 Å². The van der Waals surface area contributed by atoms with E-state index in [0.717, 1.165) is 18.2 Å². The fourth-order valence-corrected chi connectivity index (χ4v) is 4.62. The zero-order valence-electron chi connectivity index (χ0n) is 17.0. The fourth-order valence-electron chi connectivity index (χ4n) is 3.94. The van der Waals surface area contributed by atoms with Crippen LogP contribution in [0.15, 0.2) is 40.2 Å². The van der Waals surface area contributed by atoms with Gasteiger partial charge in [0.05, 0.1) is 22.3 Å². The van der Waals surface area contributed by atoms with Gasteiger partial charge in [-0.15, -0.1) is 11.3 Å². The number of fused-ring (bicyclic) bond motifs is 1. The van der Waals surface area contributed by atoms with Crippen molar-refractivity contribution in [3.05, 3.63) is 58.6 Å². The van der Waals surface area contributed by atoms with Crippen LogP contribution >= 0.6 is 11.3 Å². The molecular weight excluding hydrogens is 443 g/mol. The van der Waals surface area contributed by atoms with Gasteiger partial charge < -0.3 is 9.42 Å². The Morgan fingerprint density at radius 2 is 2.16 bits per heavy atom. The molecule has 11 heteroatoms. The molecule has 4 aromatic heterocycles. The summed E-state index contributed by atoms with van der Waals surface area (Å²) in [6.45, 7) is 2.41. The van der Waals surface area contributed by atoms with E-state index in [1.54, 1.807) is 22.4 Å². The molecule has 0 aliphatic carbocycles. The highest BCUT2D eigenvalue weighted by Gasteiger charge is 2.38. The van der Waals surface area contributed by atoms with Crippen molar-refractivity contribution in [2.45, 2.75) is 38.4 Å². The van der Waals surface area contributed by atoms with Gasteiger partial charge in [-0.05, 0) is 36.8 Å². The van der Waals surface area contributed by atoms with E-state index in [0.29, 0.717) is 34.5 Å². The molecule has 0 saturated carbocycles. The Balaban J connectivity index is 1.54. The van der Waals surface area contributed by atoms with Gasteiger partial charge in [-0.25, -0.2) is 9.50 Å². The van der Waals surface area contributed by atoms with Crippen molar-refractivity contribution >= 4 is 22.9 Å². The molecule has 1 aliphatic rings. The number of thiophene rings is 1. The van der Waals surface area contributed by atoms with E-state index >= 15 is 0 Å². The maximum Gasteiger partial charge on any atom is 0.433 e. The van der Waals surface area contributed by atoms with Gasteiger partial charge in [0.15, 0.2) is 22.8 Å². The number of likely N-dealkylation sites (tertiary alicyclic amines) is 1. The molecule has 5 heterocycles. The minimum Gasteiger partial charge on any atom is -0.359 e.